The fraction of sp³-hybridized carbons (Fsp3) is 0.727. The van der Waals surface area contributed by atoms with Crippen molar-refractivity contribution in [2.75, 3.05) is 0 Å². The zero-order chi connectivity index (χ0) is 13.4. The van der Waals surface area contributed by atoms with Gasteiger partial charge in [-0.25, -0.2) is 8.42 Å². The highest BCUT2D eigenvalue weighted by atomic mass is 35.7. The highest BCUT2D eigenvalue weighted by Gasteiger charge is 2.23. The Kier molecular flexibility index (Phi) is 3.94. The van der Waals surface area contributed by atoms with Crippen molar-refractivity contribution in [1.29, 1.82) is 0 Å². The van der Waals surface area contributed by atoms with Gasteiger partial charge in [0.1, 0.15) is 4.90 Å². The van der Waals surface area contributed by atoms with E-state index in [-0.39, 0.29) is 10.3 Å². The van der Waals surface area contributed by atoms with Crippen molar-refractivity contribution in [3.8, 4) is 0 Å². The molecule has 98 valence electrons. The smallest absolute Gasteiger partial charge is 0.264 e. The Bertz CT molecular complexity index is 512. The van der Waals surface area contributed by atoms with Crippen LogP contribution in [-0.4, -0.2) is 18.2 Å². The molecule has 0 N–H and O–H groups in total. The SMILES string of the molecule is Cc1nn(CCC(C)(C)C)c(C)c1S(=O)(=O)Cl. The molecule has 1 heterocycles. The molecule has 0 saturated heterocycles. The Labute approximate surface area is 107 Å². The number of hydrogen-bond donors (Lipinski definition) is 0. The standard InChI is InChI=1S/C11H19ClN2O2S/c1-8-10(17(12,15)16)9(2)14(13-8)7-6-11(3,4)5/h6-7H2,1-5H3. The van der Waals surface area contributed by atoms with Crippen molar-refractivity contribution in [1.82, 2.24) is 9.78 Å². The number of nitrogens with zero attached hydrogens (tertiary/aromatic N) is 2. The quantitative estimate of drug-likeness (QED) is 0.799. The zero-order valence-corrected chi connectivity index (χ0v) is 12.5. The molecule has 17 heavy (non-hydrogen) atoms. The maximum Gasteiger partial charge on any atom is 0.264 e. The summed E-state index contributed by atoms with van der Waals surface area (Å²) in [4.78, 5) is 0.146. The maximum atomic E-state index is 11.4. The number of rotatable bonds is 3. The summed E-state index contributed by atoms with van der Waals surface area (Å²) < 4.78 is 24.5. The molecule has 0 aliphatic carbocycles. The normalized spacial score (nSPS) is 13.1. The summed E-state index contributed by atoms with van der Waals surface area (Å²) in [6.07, 6.45) is 0.927. The zero-order valence-electron chi connectivity index (χ0n) is 10.9. The first-order valence-corrected chi connectivity index (χ1v) is 7.82. The van der Waals surface area contributed by atoms with Crippen molar-refractivity contribution in [2.24, 2.45) is 5.41 Å². The van der Waals surface area contributed by atoms with E-state index in [1.165, 1.54) is 0 Å². The lowest BCUT2D eigenvalue weighted by atomic mass is 9.92. The van der Waals surface area contributed by atoms with E-state index in [4.69, 9.17) is 10.7 Å². The molecule has 0 fully saturated rings. The van der Waals surface area contributed by atoms with E-state index in [0.29, 0.717) is 17.9 Å². The van der Waals surface area contributed by atoms with Gasteiger partial charge < -0.3 is 0 Å². The second kappa shape index (κ2) is 4.61. The van der Waals surface area contributed by atoms with Gasteiger partial charge in [-0.2, -0.15) is 5.10 Å². The fourth-order valence-electron chi connectivity index (χ4n) is 1.69. The monoisotopic (exact) mass is 278 g/mol. The number of hydrogen-bond acceptors (Lipinski definition) is 3. The second-order valence-electron chi connectivity index (χ2n) is 5.47. The van der Waals surface area contributed by atoms with Gasteiger partial charge in [0.2, 0.25) is 0 Å². The van der Waals surface area contributed by atoms with Crippen LogP contribution in [0.2, 0.25) is 0 Å². The molecule has 0 amide bonds. The first-order valence-electron chi connectivity index (χ1n) is 5.51. The molecule has 1 rings (SSSR count). The van der Waals surface area contributed by atoms with Crippen LogP contribution in [0.3, 0.4) is 0 Å². The molecular formula is C11H19ClN2O2S. The predicted molar refractivity (Wildman–Crippen MR) is 68.8 cm³/mol. The summed E-state index contributed by atoms with van der Waals surface area (Å²) >= 11 is 0. The molecule has 6 heteroatoms. The summed E-state index contributed by atoms with van der Waals surface area (Å²) in [6, 6.07) is 0. The third-order valence-corrected chi connectivity index (χ3v) is 4.17. The van der Waals surface area contributed by atoms with Gasteiger partial charge in [0, 0.05) is 17.2 Å². The summed E-state index contributed by atoms with van der Waals surface area (Å²) in [5, 5.41) is 4.23. The first-order chi connectivity index (χ1) is 7.52. The number of aromatic nitrogens is 2. The van der Waals surface area contributed by atoms with E-state index in [9.17, 15) is 8.42 Å². The minimum Gasteiger partial charge on any atom is -0.268 e. The van der Waals surface area contributed by atoms with Crippen molar-refractivity contribution in [2.45, 2.75) is 52.5 Å². The Balaban J connectivity index is 3.06. The van der Waals surface area contributed by atoms with E-state index >= 15 is 0 Å². The molecule has 0 bridgehead atoms. The Hall–Kier alpha value is -0.550. The number of aryl methyl sites for hydroxylation is 2. The molecule has 4 nitrogen and oxygen atoms in total. The van der Waals surface area contributed by atoms with Crippen LogP contribution >= 0.6 is 10.7 Å². The van der Waals surface area contributed by atoms with Crippen LogP contribution in [0.4, 0.5) is 0 Å². The Morgan fingerprint density at radius 3 is 2.18 bits per heavy atom. The molecule has 0 radical (unpaired) electrons. The Morgan fingerprint density at radius 2 is 1.82 bits per heavy atom. The average molecular weight is 279 g/mol. The Morgan fingerprint density at radius 1 is 1.29 bits per heavy atom. The second-order valence-corrected chi connectivity index (χ2v) is 7.97. The molecule has 1 aromatic rings. The average Bonchev–Trinajstić information content (AvgIpc) is 2.35. The van der Waals surface area contributed by atoms with Crippen molar-refractivity contribution in [3.63, 3.8) is 0 Å². The lowest BCUT2D eigenvalue weighted by molar-refractivity contribution is 0.338. The lowest BCUT2D eigenvalue weighted by Gasteiger charge is -2.18. The van der Waals surface area contributed by atoms with Gasteiger partial charge in [-0.15, -0.1) is 0 Å². The predicted octanol–water partition coefficient (Wildman–Crippen LogP) is 2.86. The van der Waals surface area contributed by atoms with Crippen LogP contribution in [0.25, 0.3) is 0 Å². The molecule has 0 atom stereocenters. The molecular weight excluding hydrogens is 260 g/mol. The van der Waals surface area contributed by atoms with Crippen LogP contribution in [-0.2, 0) is 15.6 Å². The van der Waals surface area contributed by atoms with Crippen molar-refractivity contribution < 1.29 is 8.42 Å². The molecule has 0 spiro atoms. The highest BCUT2D eigenvalue weighted by molar-refractivity contribution is 8.13. The lowest BCUT2D eigenvalue weighted by Crippen LogP contribution is -2.12. The van der Waals surface area contributed by atoms with Crippen LogP contribution in [0.1, 0.15) is 38.6 Å². The van der Waals surface area contributed by atoms with E-state index in [2.05, 4.69) is 25.9 Å². The van der Waals surface area contributed by atoms with E-state index in [0.717, 1.165) is 6.42 Å². The third-order valence-electron chi connectivity index (χ3n) is 2.63. The maximum absolute atomic E-state index is 11.4. The van der Waals surface area contributed by atoms with Crippen LogP contribution in [0.15, 0.2) is 4.90 Å². The van der Waals surface area contributed by atoms with Gasteiger partial charge >= 0.3 is 0 Å². The summed E-state index contributed by atoms with van der Waals surface area (Å²) in [7, 11) is 1.68. The molecule has 0 unspecified atom stereocenters. The molecule has 0 aliphatic rings. The third kappa shape index (κ3) is 3.71. The summed E-state index contributed by atoms with van der Waals surface area (Å²) in [5.74, 6) is 0. The van der Waals surface area contributed by atoms with E-state index < -0.39 is 9.05 Å². The van der Waals surface area contributed by atoms with Crippen molar-refractivity contribution >= 4 is 19.7 Å². The molecule has 0 aromatic carbocycles. The van der Waals surface area contributed by atoms with Gasteiger partial charge in [0.05, 0.1) is 11.4 Å². The van der Waals surface area contributed by atoms with Crippen LogP contribution in [0.5, 0.6) is 0 Å². The first kappa shape index (κ1) is 14.5. The van der Waals surface area contributed by atoms with Crippen molar-refractivity contribution in [3.05, 3.63) is 11.4 Å². The van der Waals surface area contributed by atoms with Gasteiger partial charge in [-0.05, 0) is 25.7 Å². The van der Waals surface area contributed by atoms with Gasteiger partial charge in [-0.3, -0.25) is 4.68 Å². The fourth-order valence-corrected chi connectivity index (χ4v) is 3.21. The largest absolute Gasteiger partial charge is 0.268 e. The molecule has 0 saturated carbocycles. The van der Waals surface area contributed by atoms with Gasteiger partial charge in [-0.1, -0.05) is 20.8 Å². The minimum atomic E-state index is -3.71. The van der Waals surface area contributed by atoms with E-state index in [1.54, 1.807) is 18.5 Å². The minimum absolute atomic E-state index is 0.146. The van der Waals surface area contributed by atoms with Gasteiger partial charge in [0.25, 0.3) is 9.05 Å². The summed E-state index contributed by atoms with van der Waals surface area (Å²) in [6.45, 7) is 10.5. The van der Waals surface area contributed by atoms with Crippen LogP contribution in [0, 0.1) is 19.3 Å². The highest BCUT2D eigenvalue weighted by Crippen LogP contribution is 2.25. The van der Waals surface area contributed by atoms with Gasteiger partial charge in [0.15, 0.2) is 0 Å². The topological polar surface area (TPSA) is 52.0 Å². The van der Waals surface area contributed by atoms with E-state index in [1.807, 2.05) is 0 Å². The summed E-state index contributed by atoms with van der Waals surface area (Å²) in [5.41, 5.74) is 1.26. The number of halogens is 1. The molecule has 1 aromatic heterocycles. The molecule has 0 aliphatic heterocycles. The van der Waals surface area contributed by atoms with Crippen LogP contribution < -0.4 is 0 Å².